The molecule has 0 aliphatic carbocycles. The van der Waals surface area contributed by atoms with Crippen LogP contribution in [0.25, 0.3) is 11.3 Å². The monoisotopic (exact) mass is 368 g/mol. The molecule has 0 aliphatic heterocycles. The number of aromatic nitrogens is 4. The molecule has 0 spiro atoms. The molecule has 28 heavy (non-hydrogen) atoms. The molecule has 4 rings (SSSR count). The predicted octanol–water partition coefficient (Wildman–Crippen LogP) is 5.04. The van der Waals surface area contributed by atoms with Crippen molar-refractivity contribution in [1.29, 1.82) is 0 Å². The third kappa shape index (κ3) is 4.29. The van der Waals surface area contributed by atoms with Gasteiger partial charge >= 0.3 is 0 Å². The molecular weight excluding hydrogens is 348 g/mol. The summed E-state index contributed by atoms with van der Waals surface area (Å²) in [6.07, 6.45) is 1.57. The van der Waals surface area contributed by atoms with Crippen LogP contribution in [0.3, 0.4) is 0 Å². The maximum atomic E-state index is 4.40. The predicted molar refractivity (Wildman–Crippen MR) is 112 cm³/mol. The highest BCUT2D eigenvalue weighted by atomic mass is 15.1. The number of hydrogen-bond donors (Lipinski definition) is 2. The highest BCUT2D eigenvalue weighted by molar-refractivity contribution is 5.66. The van der Waals surface area contributed by atoms with Gasteiger partial charge in [-0.3, -0.25) is 0 Å². The quantitative estimate of drug-likeness (QED) is 0.514. The molecule has 0 radical (unpaired) electrons. The minimum absolute atomic E-state index is 0.599. The standard InChI is InChI=1S/C22H20N6/c1-15-12-16(2)26-22(25-15)28-19-10-8-18(9-11-19)27-21-13-20(23-14-24-21)17-6-4-3-5-7-17/h3-14H,1-2H3,(H,23,24,27)(H,25,26,28). The number of rotatable bonds is 5. The lowest BCUT2D eigenvalue weighted by Crippen LogP contribution is -2.00. The Labute approximate surface area is 163 Å². The summed E-state index contributed by atoms with van der Waals surface area (Å²) in [5, 5.41) is 6.54. The summed E-state index contributed by atoms with van der Waals surface area (Å²) in [6.45, 7) is 3.91. The number of benzene rings is 2. The van der Waals surface area contributed by atoms with Crippen molar-refractivity contribution in [3.8, 4) is 11.3 Å². The SMILES string of the molecule is Cc1cc(C)nc(Nc2ccc(Nc3cc(-c4ccccc4)ncn3)cc2)n1. The Morgan fingerprint density at radius 1 is 0.679 bits per heavy atom. The van der Waals surface area contributed by atoms with E-state index in [0.717, 1.165) is 39.8 Å². The van der Waals surface area contributed by atoms with E-state index in [-0.39, 0.29) is 0 Å². The molecule has 0 aliphatic rings. The fourth-order valence-corrected chi connectivity index (χ4v) is 2.89. The first kappa shape index (κ1) is 17.6. The zero-order valence-corrected chi connectivity index (χ0v) is 15.7. The molecule has 0 amide bonds. The summed E-state index contributed by atoms with van der Waals surface area (Å²) in [7, 11) is 0. The lowest BCUT2D eigenvalue weighted by molar-refractivity contribution is 1.06. The summed E-state index contributed by atoms with van der Waals surface area (Å²) in [4.78, 5) is 17.5. The third-order valence-electron chi connectivity index (χ3n) is 4.13. The molecule has 6 heteroatoms. The van der Waals surface area contributed by atoms with Crippen LogP contribution in [-0.2, 0) is 0 Å². The van der Waals surface area contributed by atoms with E-state index in [1.54, 1.807) is 6.33 Å². The summed E-state index contributed by atoms with van der Waals surface area (Å²) in [6, 6.07) is 21.8. The van der Waals surface area contributed by atoms with Crippen molar-refractivity contribution < 1.29 is 0 Å². The maximum absolute atomic E-state index is 4.40. The van der Waals surface area contributed by atoms with E-state index >= 15 is 0 Å². The number of nitrogens with one attached hydrogen (secondary N) is 2. The Morgan fingerprint density at radius 3 is 2.00 bits per heavy atom. The summed E-state index contributed by atoms with van der Waals surface area (Å²) in [5.41, 5.74) is 5.66. The van der Waals surface area contributed by atoms with Gasteiger partial charge in [0, 0.05) is 34.4 Å². The average Bonchev–Trinajstić information content (AvgIpc) is 2.70. The fourth-order valence-electron chi connectivity index (χ4n) is 2.89. The molecular formula is C22H20N6. The van der Waals surface area contributed by atoms with E-state index in [1.165, 1.54) is 0 Å². The molecule has 0 saturated heterocycles. The van der Waals surface area contributed by atoms with Gasteiger partial charge in [0.15, 0.2) is 0 Å². The maximum Gasteiger partial charge on any atom is 0.227 e. The highest BCUT2D eigenvalue weighted by Crippen LogP contribution is 2.22. The van der Waals surface area contributed by atoms with Crippen LogP contribution in [0.1, 0.15) is 11.4 Å². The van der Waals surface area contributed by atoms with Gasteiger partial charge in [-0.25, -0.2) is 19.9 Å². The van der Waals surface area contributed by atoms with Crippen molar-refractivity contribution in [3.63, 3.8) is 0 Å². The topological polar surface area (TPSA) is 75.6 Å². The van der Waals surface area contributed by atoms with Gasteiger partial charge in [-0.05, 0) is 44.2 Å². The van der Waals surface area contributed by atoms with E-state index in [4.69, 9.17) is 0 Å². The van der Waals surface area contributed by atoms with E-state index < -0.39 is 0 Å². The van der Waals surface area contributed by atoms with Gasteiger partial charge in [0.25, 0.3) is 0 Å². The summed E-state index contributed by atoms with van der Waals surface area (Å²) < 4.78 is 0. The third-order valence-corrected chi connectivity index (χ3v) is 4.13. The van der Waals surface area contributed by atoms with Crippen LogP contribution in [0.15, 0.2) is 73.1 Å². The molecule has 138 valence electrons. The van der Waals surface area contributed by atoms with Crippen LogP contribution in [0.4, 0.5) is 23.1 Å². The normalized spacial score (nSPS) is 10.5. The largest absolute Gasteiger partial charge is 0.340 e. The molecule has 0 bridgehead atoms. The van der Waals surface area contributed by atoms with E-state index in [1.807, 2.05) is 80.6 Å². The lowest BCUT2D eigenvalue weighted by atomic mass is 10.1. The van der Waals surface area contributed by atoms with Crippen molar-refractivity contribution in [2.24, 2.45) is 0 Å². The first-order valence-electron chi connectivity index (χ1n) is 8.99. The first-order chi connectivity index (χ1) is 13.7. The zero-order valence-electron chi connectivity index (χ0n) is 15.7. The molecule has 2 N–H and O–H groups in total. The van der Waals surface area contributed by atoms with E-state index in [2.05, 4.69) is 30.6 Å². The Bertz CT molecular complexity index is 1060. The molecule has 6 nitrogen and oxygen atoms in total. The fraction of sp³-hybridized carbons (Fsp3) is 0.0909. The Morgan fingerprint density at radius 2 is 1.32 bits per heavy atom. The molecule has 0 unspecified atom stereocenters. The van der Waals surface area contributed by atoms with E-state index in [9.17, 15) is 0 Å². The Hall–Kier alpha value is -3.80. The van der Waals surface area contributed by atoms with Crippen LogP contribution in [0.2, 0.25) is 0 Å². The van der Waals surface area contributed by atoms with Crippen molar-refractivity contribution >= 4 is 23.1 Å². The molecule has 2 heterocycles. The van der Waals surface area contributed by atoms with E-state index in [0.29, 0.717) is 5.95 Å². The van der Waals surface area contributed by atoms with Crippen LogP contribution in [0.5, 0.6) is 0 Å². The van der Waals surface area contributed by atoms with Crippen LogP contribution >= 0.6 is 0 Å². The van der Waals surface area contributed by atoms with Crippen LogP contribution in [0, 0.1) is 13.8 Å². The van der Waals surface area contributed by atoms with Gasteiger partial charge in [-0.2, -0.15) is 0 Å². The van der Waals surface area contributed by atoms with Gasteiger partial charge in [0.2, 0.25) is 5.95 Å². The molecule has 2 aromatic carbocycles. The van der Waals surface area contributed by atoms with Crippen molar-refractivity contribution in [2.75, 3.05) is 10.6 Å². The molecule has 0 atom stereocenters. The number of anilines is 4. The van der Waals surface area contributed by atoms with Crippen molar-refractivity contribution in [1.82, 2.24) is 19.9 Å². The Balaban J connectivity index is 1.47. The van der Waals surface area contributed by atoms with Crippen LogP contribution in [-0.4, -0.2) is 19.9 Å². The minimum Gasteiger partial charge on any atom is -0.340 e. The average molecular weight is 368 g/mol. The lowest BCUT2D eigenvalue weighted by Gasteiger charge is -2.09. The summed E-state index contributed by atoms with van der Waals surface area (Å²) >= 11 is 0. The first-order valence-corrected chi connectivity index (χ1v) is 8.99. The van der Waals surface area contributed by atoms with Gasteiger partial charge in [0.05, 0.1) is 5.69 Å². The van der Waals surface area contributed by atoms with Crippen molar-refractivity contribution in [3.05, 3.63) is 84.4 Å². The molecule has 0 fully saturated rings. The minimum atomic E-state index is 0.599. The second-order valence-electron chi connectivity index (χ2n) is 6.46. The second-order valence-corrected chi connectivity index (χ2v) is 6.46. The van der Waals surface area contributed by atoms with Crippen molar-refractivity contribution in [2.45, 2.75) is 13.8 Å². The van der Waals surface area contributed by atoms with Gasteiger partial charge in [-0.1, -0.05) is 30.3 Å². The van der Waals surface area contributed by atoms with Crippen LogP contribution < -0.4 is 10.6 Å². The molecule has 2 aromatic heterocycles. The van der Waals surface area contributed by atoms with Gasteiger partial charge in [-0.15, -0.1) is 0 Å². The highest BCUT2D eigenvalue weighted by Gasteiger charge is 2.04. The summed E-state index contributed by atoms with van der Waals surface area (Å²) in [5.74, 6) is 1.34. The zero-order chi connectivity index (χ0) is 19.3. The smallest absolute Gasteiger partial charge is 0.227 e. The Kier molecular flexibility index (Phi) is 4.93. The number of nitrogens with zero attached hydrogens (tertiary/aromatic N) is 4. The van der Waals surface area contributed by atoms with Gasteiger partial charge < -0.3 is 10.6 Å². The second kappa shape index (κ2) is 7.84. The molecule has 0 saturated carbocycles. The number of hydrogen-bond acceptors (Lipinski definition) is 6. The van der Waals surface area contributed by atoms with Gasteiger partial charge in [0.1, 0.15) is 12.1 Å². The molecule has 4 aromatic rings. The number of aryl methyl sites for hydroxylation is 2.